The molecule has 3 rings (SSSR count). The van der Waals surface area contributed by atoms with Crippen LogP contribution < -0.4 is 69.3 Å². The average Bonchev–Trinajstić information content (AvgIpc) is 2.85. The van der Waals surface area contributed by atoms with E-state index in [1.165, 1.54) is 24.3 Å². The van der Waals surface area contributed by atoms with Crippen molar-refractivity contribution < 1.29 is 74.1 Å². The van der Waals surface area contributed by atoms with Gasteiger partial charge in [-0.3, -0.25) is 4.79 Å². The smallest absolute Gasteiger partial charge is 0.872 e. The van der Waals surface area contributed by atoms with Crippen LogP contribution in [0.15, 0.2) is 59.7 Å². The molecule has 0 aliphatic heterocycles. The van der Waals surface area contributed by atoms with E-state index in [1.807, 2.05) is 12.2 Å². The Morgan fingerprint density at radius 2 is 1.00 bits per heavy atom. The molecule has 0 saturated heterocycles. The maximum absolute atomic E-state index is 12.4. The van der Waals surface area contributed by atoms with Crippen molar-refractivity contribution in [1.82, 2.24) is 0 Å². The summed E-state index contributed by atoms with van der Waals surface area (Å²) in [6, 6.07) is 12.9. The van der Waals surface area contributed by atoms with Gasteiger partial charge in [0.1, 0.15) is 0 Å². The van der Waals surface area contributed by atoms with Gasteiger partial charge < -0.3 is 10.2 Å². The first-order chi connectivity index (χ1) is 10.6. The van der Waals surface area contributed by atoms with Gasteiger partial charge in [-0.25, -0.2) is 0 Å². The Bertz CT molecular complexity index is 695. The zero-order valence-corrected chi connectivity index (χ0v) is 17.9. The average molecular weight is 336 g/mol. The molecule has 0 unspecified atom stereocenters. The molecule has 2 aromatic carbocycles. The summed E-state index contributed by atoms with van der Waals surface area (Å²) in [5.41, 5.74) is 3.23. The van der Waals surface area contributed by atoms with Gasteiger partial charge in [-0.1, -0.05) is 48.5 Å². The monoisotopic (exact) mass is 336 g/mol. The number of hydrogen-bond donors (Lipinski definition) is 0. The summed E-state index contributed by atoms with van der Waals surface area (Å²) in [7, 11) is 0. The molecule has 0 amide bonds. The number of allylic oxidation sites excluding steroid dienone is 2. The van der Waals surface area contributed by atoms with Crippen molar-refractivity contribution in [1.29, 1.82) is 0 Å². The summed E-state index contributed by atoms with van der Waals surface area (Å²) in [6.45, 7) is 0. The van der Waals surface area contributed by atoms with Crippen molar-refractivity contribution in [3.05, 3.63) is 70.8 Å². The molecular formula is C19H14Na2O3. The largest absolute Gasteiger partial charge is 1.00 e. The molecule has 1 aliphatic carbocycles. The summed E-state index contributed by atoms with van der Waals surface area (Å²) in [5, 5.41) is 22.2. The van der Waals surface area contributed by atoms with E-state index >= 15 is 0 Å². The molecule has 3 nitrogen and oxygen atoms in total. The Morgan fingerprint density at radius 3 is 1.33 bits per heavy atom. The molecule has 5 heteroatoms. The zero-order chi connectivity index (χ0) is 15.5. The topological polar surface area (TPSA) is 63.2 Å². The molecule has 0 N–H and O–H groups in total. The second-order valence-corrected chi connectivity index (χ2v) is 5.31. The standard InChI is InChI=1S/C19H16O3.2Na/c20-17-7-1-13(2-8-17)11-15-5-6-16(19(15)22)12-14-3-9-18(21)10-4-14;;/h1-4,7-12,20-21H,5-6H2;;/q;2*+1/p-2. The molecular weight excluding hydrogens is 322 g/mol. The van der Waals surface area contributed by atoms with Crippen LogP contribution in [0.2, 0.25) is 0 Å². The Hall–Kier alpha value is -0.810. The van der Waals surface area contributed by atoms with Crippen molar-refractivity contribution in [3.8, 4) is 11.5 Å². The van der Waals surface area contributed by atoms with Gasteiger partial charge in [0.2, 0.25) is 0 Å². The van der Waals surface area contributed by atoms with Crippen LogP contribution in [0, 0.1) is 0 Å². The maximum Gasteiger partial charge on any atom is 1.00 e. The predicted octanol–water partition coefficient (Wildman–Crippen LogP) is -3.33. The number of Topliss-reactive ketones (excluding diaryl/α,β-unsaturated/α-hetero) is 1. The van der Waals surface area contributed by atoms with E-state index in [0.717, 1.165) is 22.3 Å². The third-order valence-electron chi connectivity index (χ3n) is 3.69. The maximum atomic E-state index is 12.4. The summed E-state index contributed by atoms with van der Waals surface area (Å²) >= 11 is 0. The minimum atomic E-state index is -0.0395. The van der Waals surface area contributed by atoms with E-state index in [0.29, 0.717) is 12.8 Å². The Balaban J connectivity index is 0.00000144. The van der Waals surface area contributed by atoms with Crippen LogP contribution in [-0.4, -0.2) is 5.78 Å². The molecule has 1 saturated carbocycles. The van der Waals surface area contributed by atoms with Crippen LogP contribution in [0.25, 0.3) is 12.2 Å². The number of carbonyl (C=O) groups is 1. The van der Waals surface area contributed by atoms with Crippen molar-refractivity contribution in [3.63, 3.8) is 0 Å². The molecule has 0 bridgehead atoms. The van der Waals surface area contributed by atoms with Crippen molar-refractivity contribution in [2.24, 2.45) is 0 Å². The quantitative estimate of drug-likeness (QED) is 0.426. The van der Waals surface area contributed by atoms with Gasteiger partial charge in [0.15, 0.2) is 5.78 Å². The van der Waals surface area contributed by atoms with E-state index in [2.05, 4.69) is 0 Å². The van der Waals surface area contributed by atoms with E-state index in [4.69, 9.17) is 0 Å². The van der Waals surface area contributed by atoms with Gasteiger partial charge in [-0.15, -0.1) is 11.5 Å². The molecule has 1 aliphatic rings. The summed E-state index contributed by atoms with van der Waals surface area (Å²) in [6.07, 6.45) is 5.07. The van der Waals surface area contributed by atoms with Gasteiger partial charge in [0, 0.05) is 11.1 Å². The van der Waals surface area contributed by atoms with Gasteiger partial charge in [-0.05, 0) is 36.1 Å². The van der Waals surface area contributed by atoms with Crippen LogP contribution in [0.3, 0.4) is 0 Å². The fraction of sp³-hybridized carbons (Fsp3) is 0.105. The molecule has 0 atom stereocenters. The number of carbonyl (C=O) groups excluding carboxylic acids is 1. The molecule has 24 heavy (non-hydrogen) atoms. The fourth-order valence-electron chi connectivity index (χ4n) is 2.51. The second-order valence-electron chi connectivity index (χ2n) is 5.31. The molecule has 0 spiro atoms. The van der Waals surface area contributed by atoms with E-state index in [-0.39, 0.29) is 76.4 Å². The number of ketones is 1. The van der Waals surface area contributed by atoms with Crippen LogP contribution in [-0.2, 0) is 4.79 Å². The summed E-state index contributed by atoms with van der Waals surface area (Å²) < 4.78 is 0. The third kappa shape index (κ3) is 5.35. The predicted molar refractivity (Wildman–Crippen MR) is 82.0 cm³/mol. The van der Waals surface area contributed by atoms with Gasteiger partial charge >= 0.3 is 59.1 Å². The Morgan fingerprint density at radius 1 is 0.667 bits per heavy atom. The van der Waals surface area contributed by atoms with Gasteiger partial charge in [0.05, 0.1) is 0 Å². The first-order valence-electron chi connectivity index (χ1n) is 7.12. The molecule has 110 valence electrons. The normalized spacial score (nSPS) is 16.8. The summed E-state index contributed by atoms with van der Waals surface area (Å²) in [4.78, 5) is 12.4. The number of rotatable bonds is 2. The second kappa shape index (κ2) is 9.62. The first kappa shape index (κ1) is 21.2. The van der Waals surface area contributed by atoms with E-state index < -0.39 is 0 Å². The van der Waals surface area contributed by atoms with Gasteiger partial charge in [-0.2, -0.15) is 0 Å². The van der Waals surface area contributed by atoms with Crippen LogP contribution >= 0.6 is 0 Å². The number of hydrogen-bond acceptors (Lipinski definition) is 3. The molecule has 0 heterocycles. The SMILES string of the molecule is O=C1C(=Cc2ccc([O-])cc2)CCC1=Cc1ccc([O-])cc1.[Na+].[Na+]. The zero-order valence-electron chi connectivity index (χ0n) is 13.9. The molecule has 0 radical (unpaired) electrons. The van der Waals surface area contributed by atoms with Crippen molar-refractivity contribution in [2.75, 3.05) is 0 Å². The van der Waals surface area contributed by atoms with E-state index in [1.54, 1.807) is 24.3 Å². The minimum absolute atomic E-state index is 0. The number of benzene rings is 2. The third-order valence-corrected chi connectivity index (χ3v) is 3.69. The minimum Gasteiger partial charge on any atom is -0.872 e. The van der Waals surface area contributed by atoms with Crippen LogP contribution in [0.1, 0.15) is 24.0 Å². The van der Waals surface area contributed by atoms with E-state index in [9.17, 15) is 15.0 Å². The van der Waals surface area contributed by atoms with Crippen LogP contribution in [0.5, 0.6) is 11.5 Å². The van der Waals surface area contributed by atoms with Crippen molar-refractivity contribution >= 4 is 17.9 Å². The molecule has 2 aromatic rings. The Kier molecular flexibility index (Phi) is 8.51. The van der Waals surface area contributed by atoms with Gasteiger partial charge in [0.25, 0.3) is 0 Å². The summed E-state index contributed by atoms with van der Waals surface area (Å²) in [5.74, 6) is -0.0398. The first-order valence-corrected chi connectivity index (χ1v) is 7.12. The van der Waals surface area contributed by atoms with Crippen molar-refractivity contribution in [2.45, 2.75) is 12.8 Å². The van der Waals surface area contributed by atoms with Crippen LogP contribution in [0.4, 0.5) is 0 Å². The molecule has 0 aromatic heterocycles. The Labute approximate surface area is 185 Å². The fourth-order valence-corrected chi connectivity index (χ4v) is 2.51. The molecule has 1 fully saturated rings.